The first kappa shape index (κ1) is 22.8. The predicted octanol–water partition coefficient (Wildman–Crippen LogP) is 3.15. The lowest BCUT2D eigenvalue weighted by atomic mass is 9.94. The van der Waals surface area contributed by atoms with Crippen LogP contribution in [0.1, 0.15) is 22.7 Å². The summed E-state index contributed by atoms with van der Waals surface area (Å²) in [5, 5.41) is 11.2. The van der Waals surface area contributed by atoms with Crippen LogP contribution in [0.25, 0.3) is 5.76 Å². The van der Waals surface area contributed by atoms with Crippen LogP contribution in [0.4, 0.5) is 0 Å². The molecule has 1 aliphatic rings. The fraction of sp³-hybridized carbons (Fsp3) is 0.192. The molecular weight excluding hydrogens is 436 g/mol. The molecule has 0 saturated carbocycles. The van der Waals surface area contributed by atoms with Crippen molar-refractivity contribution in [3.05, 3.63) is 89.3 Å². The highest BCUT2D eigenvalue weighted by molar-refractivity contribution is 6.46. The summed E-state index contributed by atoms with van der Waals surface area (Å²) in [5.41, 5.74) is 1.84. The van der Waals surface area contributed by atoms with Gasteiger partial charge in [-0.25, -0.2) is 4.98 Å². The Hall–Kier alpha value is -4.33. The molecule has 1 atom stereocenters. The fourth-order valence-electron chi connectivity index (χ4n) is 4.04. The number of likely N-dealkylation sites (tertiary alicyclic amines) is 1. The lowest BCUT2D eigenvalue weighted by Crippen LogP contribution is -2.29. The molecule has 1 fully saturated rings. The molecule has 0 radical (unpaired) electrons. The van der Waals surface area contributed by atoms with Crippen LogP contribution >= 0.6 is 0 Å². The Morgan fingerprint density at radius 1 is 0.912 bits per heavy atom. The number of ether oxygens (including phenoxy) is 3. The molecule has 174 valence electrons. The van der Waals surface area contributed by atoms with Crippen LogP contribution in [0.3, 0.4) is 0 Å². The second kappa shape index (κ2) is 9.66. The summed E-state index contributed by atoms with van der Waals surface area (Å²) in [6.07, 6.45) is 3.49. The molecule has 1 amide bonds. The molecule has 8 nitrogen and oxygen atoms in total. The molecule has 1 unspecified atom stereocenters. The van der Waals surface area contributed by atoms with E-state index in [1.165, 1.54) is 19.1 Å². The number of rotatable bonds is 7. The Balaban J connectivity index is 1.87. The number of aliphatic hydroxyl groups is 1. The number of carbonyl (C=O) groups excluding carboxylic acids is 2. The maximum Gasteiger partial charge on any atom is 0.295 e. The van der Waals surface area contributed by atoms with E-state index in [0.717, 1.165) is 5.56 Å². The molecule has 2 N–H and O–H groups in total. The van der Waals surface area contributed by atoms with Crippen molar-refractivity contribution in [2.24, 2.45) is 0 Å². The largest absolute Gasteiger partial charge is 0.507 e. The minimum absolute atomic E-state index is 0.00452. The summed E-state index contributed by atoms with van der Waals surface area (Å²) in [4.78, 5) is 30.8. The highest BCUT2D eigenvalue weighted by Gasteiger charge is 2.46. The van der Waals surface area contributed by atoms with E-state index in [1.54, 1.807) is 62.0 Å². The van der Waals surface area contributed by atoms with Crippen molar-refractivity contribution in [3.8, 4) is 17.2 Å². The van der Waals surface area contributed by atoms with E-state index in [-0.39, 0.29) is 17.9 Å². The third kappa shape index (κ3) is 4.17. The molecule has 1 aliphatic heterocycles. The van der Waals surface area contributed by atoms with E-state index in [2.05, 4.69) is 4.98 Å². The molecule has 1 saturated heterocycles. The SMILES string of the molecule is COc1ccc(C(O)=C2C(=O)C(=O)N(Cc3cc[nH+]cc3)C2c2ccc(OC)c(OC)c2)cc1. The molecule has 0 spiro atoms. The van der Waals surface area contributed by atoms with Crippen molar-refractivity contribution < 1.29 is 33.9 Å². The van der Waals surface area contributed by atoms with Gasteiger partial charge in [-0.3, -0.25) is 9.59 Å². The fourth-order valence-corrected chi connectivity index (χ4v) is 4.04. The van der Waals surface area contributed by atoms with Gasteiger partial charge in [-0.15, -0.1) is 0 Å². The molecular formula is C26H25N2O6+. The van der Waals surface area contributed by atoms with Gasteiger partial charge in [0.15, 0.2) is 23.9 Å². The second-order valence-electron chi connectivity index (χ2n) is 7.68. The number of aromatic nitrogens is 1. The van der Waals surface area contributed by atoms with E-state index in [0.29, 0.717) is 28.4 Å². The first-order chi connectivity index (χ1) is 16.5. The number of ketones is 1. The van der Waals surface area contributed by atoms with Gasteiger partial charge in [0.2, 0.25) is 0 Å². The zero-order chi connectivity index (χ0) is 24.2. The number of H-pyrrole nitrogens is 1. The van der Waals surface area contributed by atoms with Crippen molar-refractivity contribution >= 4 is 17.4 Å². The highest BCUT2D eigenvalue weighted by atomic mass is 16.5. The van der Waals surface area contributed by atoms with Gasteiger partial charge in [-0.05, 0) is 47.5 Å². The average molecular weight is 461 g/mol. The number of amides is 1. The van der Waals surface area contributed by atoms with Crippen LogP contribution in [-0.2, 0) is 16.1 Å². The van der Waals surface area contributed by atoms with Crippen molar-refractivity contribution in [1.29, 1.82) is 0 Å². The van der Waals surface area contributed by atoms with Crippen LogP contribution in [0.5, 0.6) is 17.2 Å². The number of aliphatic hydroxyl groups excluding tert-OH is 1. The van der Waals surface area contributed by atoms with Gasteiger partial charge in [0.25, 0.3) is 11.7 Å². The summed E-state index contributed by atoms with van der Waals surface area (Å²) in [5.74, 6) is -0.140. The maximum atomic E-state index is 13.2. The molecule has 1 aromatic heterocycles. The minimum Gasteiger partial charge on any atom is -0.507 e. The first-order valence-electron chi connectivity index (χ1n) is 10.6. The summed E-state index contributed by atoms with van der Waals surface area (Å²) in [6, 6.07) is 14.6. The van der Waals surface area contributed by atoms with Crippen LogP contribution in [-0.4, -0.2) is 43.0 Å². The number of hydrogen-bond acceptors (Lipinski definition) is 6. The van der Waals surface area contributed by atoms with Crippen LogP contribution in [0, 0.1) is 0 Å². The van der Waals surface area contributed by atoms with Gasteiger partial charge in [0.1, 0.15) is 11.5 Å². The van der Waals surface area contributed by atoms with E-state index in [1.807, 2.05) is 12.1 Å². The topological polar surface area (TPSA) is 99.4 Å². The van der Waals surface area contributed by atoms with E-state index >= 15 is 0 Å². The number of hydrogen-bond donors (Lipinski definition) is 1. The summed E-state index contributed by atoms with van der Waals surface area (Å²) in [6.45, 7) is 0.178. The molecule has 34 heavy (non-hydrogen) atoms. The van der Waals surface area contributed by atoms with Crippen LogP contribution in [0.15, 0.2) is 72.6 Å². The van der Waals surface area contributed by atoms with Gasteiger partial charge in [-0.1, -0.05) is 6.07 Å². The maximum absolute atomic E-state index is 13.2. The number of benzene rings is 2. The van der Waals surface area contributed by atoms with Crippen LogP contribution < -0.4 is 19.2 Å². The van der Waals surface area contributed by atoms with Crippen molar-refractivity contribution in [2.75, 3.05) is 21.3 Å². The molecule has 4 rings (SSSR count). The molecule has 8 heteroatoms. The zero-order valence-corrected chi connectivity index (χ0v) is 19.1. The number of nitrogens with zero attached hydrogens (tertiary/aromatic N) is 1. The Kier molecular flexibility index (Phi) is 6.49. The molecule has 3 aromatic rings. The number of carbonyl (C=O) groups is 2. The van der Waals surface area contributed by atoms with Gasteiger partial charge in [-0.2, -0.15) is 0 Å². The number of pyridine rings is 1. The Labute approximate surface area is 197 Å². The monoisotopic (exact) mass is 461 g/mol. The van der Waals surface area contributed by atoms with E-state index in [9.17, 15) is 14.7 Å². The van der Waals surface area contributed by atoms with Gasteiger partial charge in [0.05, 0.1) is 32.9 Å². The predicted molar refractivity (Wildman–Crippen MR) is 123 cm³/mol. The summed E-state index contributed by atoms with van der Waals surface area (Å²) in [7, 11) is 4.58. The van der Waals surface area contributed by atoms with Crippen molar-refractivity contribution in [3.63, 3.8) is 0 Å². The number of methoxy groups -OCH3 is 3. The lowest BCUT2D eigenvalue weighted by Gasteiger charge is -2.26. The molecule has 2 aromatic carbocycles. The number of nitrogens with one attached hydrogen (secondary N) is 1. The minimum atomic E-state index is -0.828. The first-order valence-corrected chi connectivity index (χ1v) is 10.6. The standard InChI is InChI=1S/C26H24N2O6/c1-32-19-7-4-17(5-8-19)24(29)22-23(18-6-9-20(33-2)21(14-18)34-3)28(26(31)25(22)30)15-16-10-12-27-13-11-16/h4-14,23,29H,15H2,1-3H3/p+1. The summed E-state index contributed by atoms with van der Waals surface area (Å²) >= 11 is 0. The van der Waals surface area contributed by atoms with Crippen molar-refractivity contribution in [1.82, 2.24) is 4.90 Å². The highest BCUT2D eigenvalue weighted by Crippen LogP contribution is 2.42. The lowest BCUT2D eigenvalue weighted by molar-refractivity contribution is -0.378. The van der Waals surface area contributed by atoms with Gasteiger partial charge < -0.3 is 24.2 Å². The number of Topliss-reactive ketones (excluding diaryl/α,β-unsaturated/α-hetero) is 1. The Bertz CT molecular complexity index is 1240. The average Bonchev–Trinajstić information content (AvgIpc) is 3.13. The smallest absolute Gasteiger partial charge is 0.295 e. The summed E-state index contributed by atoms with van der Waals surface area (Å²) < 4.78 is 16.0. The Morgan fingerprint density at radius 3 is 2.21 bits per heavy atom. The van der Waals surface area contributed by atoms with E-state index in [4.69, 9.17) is 14.2 Å². The van der Waals surface area contributed by atoms with Crippen LogP contribution in [0.2, 0.25) is 0 Å². The molecule has 2 heterocycles. The second-order valence-corrected chi connectivity index (χ2v) is 7.68. The van der Waals surface area contributed by atoms with Crippen molar-refractivity contribution in [2.45, 2.75) is 12.6 Å². The van der Waals surface area contributed by atoms with E-state index < -0.39 is 17.7 Å². The molecule has 0 bridgehead atoms. The number of aromatic amines is 1. The van der Waals surface area contributed by atoms with Gasteiger partial charge >= 0.3 is 0 Å². The third-order valence-corrected chi connectivity index (χ3v) is 5.77. The quantitative estimate of drug-likeness (QED) is 0.330. The van der Waals surface area contributed by atoms with Gasteiger partial charge in [0, 0.05) is 24.2 Å². The zero-order valence-electron chi connectivity index (χ0n) is 19.1. The third-order valence-electron chi connectivity index (χ3n) is 5.77. The Morgan fingerprint density at radius 2 is 1.59 bits per heavy atom. The molecule has 0 aliphatic carbocycles. The normalized spacial score (nSPS) is 17.0.